The van der Waals surface area contributed by atoms with Crippen LogP contribution in [-0.2, 0) is 4.79 Å². The van der Waals surface area contributed by atoms with Crippen molar-refractivity contribution in [1.29, 1.82) is 0 Å². The Bertz CT molecular complexity index is 507. The van der Waals surface area contributed by atoms with Gasteiger partial charge in [0, 0.05) is 33.7 Å². The molecule has 1 atom stereocenters. The van der Waals surface area contributed by atoms with Crippen LogP contribution in [0.1, 0.15) is 18.1 Å². The number of carbonyl (C=O) groups is 1. The lowest BCUT2D eigenvalue weighted by Crippen LogP contribution is -2.39. The smallest absolute Gasteiger partial charge is 0.236 e. The average molecular weight is 323 g/mol. The molecule has 1 saturated heterocycles. The molecule has 0 aromatic heterocycles. The van der Waals surface area contributed by atoms with E-state index < -0.39 is 6.10 Å². The Balaban J connectivity index is 1.83. The van der Waals surface area contributed by atoms with Gasteiger partial charge in [-0.05, 0) is 37.2 Å². The van der Waals surface area contributed by atoms with Crippen molar-refractivity contribution in [3.63, 3.8) is 0 Å². The molecule has 1 N–H and O–H groups in total. The van der Waals surface area contributed by atoms with Crippen molar-refractivity contribution in [3.8, 4) is 0 Å². The minimum atomic E-state index is -0.620. The third kappa shape index (κ3) is 5.57. The lowest BCUT2D eigenvalue weighted by Gasteiger charge is -2.24. The Kier molecular flexibility index (Phi) is 6.50. The van der Waals surface area contributed by atoms with E-state index in [-0.39, 0.29) is 11.7 Å². The van der Waals surface area contributed by atoms with Crippen molar-refractivity contribution in [2.75, 3.05) is 53.4 Å². The first kappa shape index (κ1) is 17.8. The molecule has 1 aromatic rings. The quantitative estimate of drug-likeness (QED) is 0.877. The van der Waals surface area contributed by atoms with Crippen molar-refractivity contribution in [2.45, 2.75) is 12.5 Å². The Labute approximate surface area is 137 Å². The molecule has 1 amide bonds. The molecule has 23 heavy (non-hydrogen) atoms. The maximum Gasteiger partial charge on any atom is 0.236 e. The fourth-order valence-electron chi connectivity index (χ4n) is 2.73. The highest BCUT2D eigenvalue weighted by Gasteiger charge is 2.20. The van der Waals surface area contributed by atoms with Crippen molar-refractivity contribution in [2.24, 2.45) is 0 Å². The normalized spacial score (nSPS) is 18.4. The van der Waals surface area contributed by atoms with Crippen molar-refractivity contribution >= 4 is 5.91 Å². The van der Waals surface area contributed by atoms with E-state index in [1.807, 2.05) is 0 Å². The summed E-state index contributed by atoms with van der Waals surface area (Å²) in [6, 6.07) is 5.99. The third-order valence-corrected chi connectivity index (χ3v) is 4.22. The van der Waals surface area contributed by atoms with Crippen LogP contribution in [0.4, 0.5) is 4.39 Å². The van der Waals surface area contributed by atoms with E-state index in [9.17, 15) is 14.3 Å². The summed E-state index contributed by atoms with van der Waals surface area (Å²) >= 11 is 0. The van der Waals surface area contributed by atoms with E-state index in [0.29, 0.717) is 13.1 Å². The SMILES string of the molecule is CN(C)C(=O)CN1CCCN(CC(O)c2ccc(F)cc2)CC1. The minimum absolute atomic E-state index is 0.116. The van der Waals surface area contributed by atoms with E-state index in [1.165, 1.54) is 12.1 Å². The second-order valence-electron chi connectivity index (χ2n) is 6.29. The number of β-amino-alcohol motifs (C(OH)–C–C–N with tert-alkyl or cyclic N) is 1. The summed E-state index contributed by atoms with van der Waals surface area (Å²) in [5.41, 5.74) is 0.732. The van der Waals surface area contributed by atoms with Crippen LogP contribution in [0.5, 0.6) is 0 Å². The fourth-order valence-corrected chi connectivity index (χ4v) is 2.73. The number of hydrogen-bond acceptors (Lipinski definition) is 4. The van der Waals surface area contributed by atoms with Gasteiger partial charge in [0.2, 0.25) is 5.91 Å². The largest absolute Gasteiger partial charge is 0.387 e. The number of carbonyl (C=O) groups excluding carboxylic acids is 1. The molecule has 128 valence electrons. The molecule has 1 fully saturated rings. The predicted molar refractivity (Wildman–Crippen MR) is 87.6 cm³/mol. The van der Waals surface area contributed by atoms with Crippen molar-refractivity contribution in [1.82, 2.24) is 14.7 Å². The zero-order valence-corrected chi connectivity index (χ0v) is 13.9. The zero-order chi connectivity index (χ0) is 16.8. The molecule has 0 spiro atoms. The third-order valence-electron chi connectivity index (χ3n) is 4.22. The Morgan fingerprint density at radius 1 is 1.17 bits per heavy atom. The molecule has 1 aromatic carbocycles. The standard InChI is InChI=1S/C17H26FN3O2/c1-19(2)17(23)13-21-9-3-8-20(10-11-21)12-16(22)14-4-6-15(18)7-5-14/h4-7,16,22H,3,8-13H2,1-2H3. The summed E-state index contributed by atoms with van der Waals surface area (Å²) in [6.45, 7) is 4.39. The molecule has 5 nitrogen and oxygen atoms in total. The van der Waals surface area contributed by atoms with Crippen molar-refractivity contribution in [3.05, 3.63) is 35.6 Å². The first-order valence-electron chi connectivity index (χ1n) is 8.04. The van der Waals surface area contributed by atoms with Gasteiger partial charge in [-0.3, -0.25) is 14.6 Å². The lowest BCUT2D eigenvalue weighted by molar-refractivity contribution is -0.129. The Morgan fingerprint density at radius 3 is 2.43 bits per heavy atom. The van der Waals surface area contributed by atoms with Gasteiger partial charge in [-0.25, -0.2) is 4.39 Å². The first-order chi connectivity index (χ1) is 11.0. The highest BCUT2D eigenvalue weighted by atomic mass is 19.1. The molecular formula is C17H26FN3O2. The van der Waals surface area contributed by atoms with Gasteiger partial charge >= 0.3 is 0 Å². The molecule has 6 heteroatoms. The van der Waals surface area contributed by atoms with Gasteiger partial charge < -0.3 is 10.0 Å². The molecule has 1 aliphatic rings. The summed E-state index contributed by atoms with van der Waals surface area (Å²) in [7, 11) is 3.54. The van der Waals surface area contributed by atoms with E-state index in [2.05, 4.69) is 9.80 Å². The first-order valence-corrected chi connectivity index (χ1v) is 8.04. The summed E-state index contributed by atoms with van der Waals surface area (Å²) < 4.78 is 12.9. The molecule has 1 heterocycles. The molecule has 0 bridgehead atoms. The number of hydrogen-bond donors (Lipinski definition) is 1. The van der Waals surface area contributed by atoms with E-state index in [0.717, 1.165) is 38.2 Å². The predicted octanol–water partition coefficient (Wildman–Crippen LogP) is 0.955. The molecule has 0 saturated carbocycles. The summed E-state index contributed by atoms with van der Waals surface area (Å²) in [5.74, 6) is -0.179. The molecular weight excluding hydrogens is 297 g/mol. The summed E-state index contributed by atoms with van der Waals surface area (Å²) in [4.78, 5) is 17.8. The highest BCUT2D eigenvalue weighted by molar-refractivity contribution is 5.77. The van der Waals surface area contributed by atoms with Gasteiger partial charge in [-0.2, -0.15) is 0 Å². The van der Waals surface area contributed by atoms with Gasteiger partial charge in [0.15, 0.2) is 0 Å². The number of aliphatic hydroxyl groups excluding tert-OH is 1. The summed E-state index contributed by atoms with van der Waals surface area (Å²) in [5, 5.41) is 10.3. The van der Waals surface area contributed by atoms with Crippen LogP contribution >= 0.6 is 0 Å². The number of likely N-dealkylation sites (N-methyl/N-ethyl adjacent to an activating group) is 1. The number of halogens is 1. The van der Waals surface area contributed by atoms with Gasteiger partial charge in [-0.1, -0.05) is 12.1 Å². The Hall–Kier alpha value is -1.50. The summed E-state index contributed by atoms with van der Waals surface area (Å²) in [6.07, 6.45) is 0.349. The van der Waals surface area contributed by atoms with E-state index in [4.69, 9.17) is 0 Å². The maximum absolute atomic E-state index is 12.9. The number of nitrogens with zero attached hydrogens (tertiary/aromatic N) is 3. The topological polar surface area (TPSA) is 47.0 Å². The monoisotopic (exact) mass is 323 g/mol. The number of benzene rings is 1. The van der Waals surface area contributed by atoms with Crippen LogP contribution in [0.3, 0.4) is 0 Å². The van der Waals surface area contributed by atoms with Crippen LogP contribution < -0.4 is 0 Å². The van der Waals surface area contributed by atoms with E-state index >= 15 is 0 Å². The zero-order valence-electron chi connectivity index (χ0n) is 13.9. The molecule has 0 radical (unpaired) electrons. The van der Waals surface area contributed by atoms with Crippen LogP contribution in [0.15, 0.2) is 24.3 Å². The number of rotatable bonds is 5. The fraction of sp³-hybridized carbons (Fsp3) is 0.588. The second kappa shape index (κ2) is 8.38. The lowest BCUT2D eigenvalue weighted by atomic mass is 10.1. The van der Waals surface area contributed by atoms with Gasteiger partial charge in [-0.15, -0.1) is 0 Å². The highest BCUT2D eigenvalue weighted by Crippen LogP contribution is 2.16. The second-order valence-corrected chi connectivity index (χ2v) is 6.29. The molecule has 0 aliphatic carbocycles. The van der Waals surface area contributed by atoms with Gasteiger partial charge in [0.1, 0.15) is 5.82 Å². The van der Waals surface area contributed by atoms with Crippen LogP contribution in [-0.4, -0.2) is 79.1 Å². The maximum atomic E-state index is 12.9. The Morgan fingerprint density at radius 2 is 1.78 bits per heavy atom. The van der Waals surface area contributed by atoms with Gasteiger partial charge in [0.25, 0.3) is 0 Å². The van der Waals surface area contributed by atoms with E-state index in [1.54, 1.807) is 31.1 Å². The van der Waals surface area contributed by atoms with Gasteiger partial charge in [0.05, 0.1) is 12.6 Å². The van der Waals surface area contributed by atoms with Crippen molar-refractivity contribution < 1.29 is 14.3 Å². The molecule has 2 rings (SSSR count). The minimum Gasteiger partial charge on any atom is -0.387 e. The number of amides is 1. The average Bonchev–Trinajstić information content (AvgIpc) is 2.73. The molecule has 1 aliphatic heterocycles. The number of aliphatic hydroxyl groups is 1. The van der Waals surface area contributed by atoms with Crippen LogP contribution in [0, 0.1) is 5.82 Å². The van der Waals surface area contributed by atoms with Crippen LogP contribution in [0.25, 0.3) is 0 Å². The molecule has 1 unspecified atom stereocenters. The van der Waals surface area contributed by atoms with Crippen LogP contribution in [0.2, 0.25) is 0 Å².